The molecule has 0 heterocycles. The smallest absolute Gasteiger partial charge is 0.338 e. The van der Waals surface area contributed by atoms with Gasteiger partial charge in [-0.25, -0.2) is 9.18 Å². The van der Waals surface area contributed by atoms with Gasteiger partial charge in [0.15, 0.2) is 0 Å². The topological polar surface area (TPSA) is 37.3 Å². The Morgan fingerprint density at radius 1 is 1.41 bits per heavy atom. The number of thioether (sulfide) groups is 1. The molecule has 2 nitrogen and oxygen atoms in total. The van der Waals surface area contributed by atoms with Crippen LogP contribution in [0.3, 0.4) is 0 Å². The molecule has 2 rings (SSSR count). The van der Waals surface area contributed by atoms with Gasteiger partial charge in [-0.2, -0.15) is 11.8 Å². The third-order valence-corrected chi connectivity index (χ3v) is 4.49. The van der Waals surface area contributed by atoms with Crippen molar-refractivity contribution >= 4 is 17.7 Å². The fourth-order valence-corrected chi connectivity index (χ4v) is 3.37. The molecule has 1 aliphatic carbocycles. The standard InChI is InChI=1S/C13H15FO2S/c14-12-6-5-9(7-11(12)13(15)16)8-17-10-3-1-2-4-10/h5-7,10H,1-4,8H2,(H,15,16). The zero-order valence-corrected chi connectivity index (χ0v) is 10.3. The van der Waals surface area contributed by atoms with Gasteiger partial charge in [-0.05, 0) is 30.5 Å². The van der Waals surface area contributed by atoms with Crippen molar-refractivity contribution in [1.82, 2.24) is 0 Å². The van der Waals surface area contributed by atoms with E-state index in [1.165, 1.54) is 37.8 Å². The fraction of sp³-hybridized carbons (Fsp3) is 0.462. The summed E-state index contributed by atoms with van der Waals surface area (Å²) in [7, 11) is 0. The molecule has 0 unspecified atom stereocenters. The van der Waals surface area contributed by atoms with Crippen molar-refractivity contribution in [1.29, 1.82) is 0 Å². The van der Waals surface area contributed by atoms with Gasteiger partial charge in [-0.15, -0.1) is 0 Å². The van der Waals surface area contributed by atoms with Crippen LogP contribution in [0.5, 0.6) is 0 Å². The fourth-order valence-electron chi connectivity index (χ4n) is 2.10. The molecule has 0 bridgehead atoms. The Kier molecular flexibility index (Phi) is 4.05. The molecular formula is C13H15FO2S. The molecule has 0 amide bonds. The minimum Gasteiger partial charge on any atom is -0.478 e. The molecule has 92 valence electrons. The lowest BCUT2D eigenvalue weighted by Crippen LogP contribution is -2.02. The molecule has 0 aromatic heterocycles. The third-order valence-electron chi connectivity index (χ3n) is 3.05. The molecule has 0 aliphatic heterocycles. The largest absolute Gasteiger partial charge is 0.478 e. The van der Waals surface area contributed by atoms with Gasteiger partial charge in [0.05, 0.1) is 5.56 Å². The molecule has 1 aromatic carbocycles. The second-order valence-electron chi connectivity index (χ2n) is 4.34. The highest BCUT2D eigenvalue weighted by Gasteiger charge is 2.16. The van der Waals surface area contributed by atoms with Crippen LogP contribution >= 0.6 is 11.8 Å². The molecule has 0 spiro atoms. The predicted molar refractivity (Wildman–Crippen MR) is 66.9 cm³/mol. The van der Waals surface area contributed by atoms with E-state index in [4.69, 9.17) is 5.11 Å². The first-order valence-corrected chi connectivity index (χ1v) is 6.85. The van der Waals surface area contributed by atoms with Crippen molar-refractivity contribution in [3.8, 4) is 0 Å². The maximum atomic E-state index is 13.2. The second kappa shape index (κ2) is 5.54. The van der Waals surface area contributed by atoms with E-state index < -0.39 is 11.8 Å². The van der Waals surface area contributed by atoms with Gasteiger partial charge in [0, 0.05) is 11.0 Å². The molecule has 0 atom stereocenters. The van der Waals surface area contributed by atoms with Crippen molar-refractivity contribution in [2.24, 2.45) is 0 Å². The first-order chi connectivity index (χ1) is 8.16. The van der Waals surface area contributed by atoms with Crippen LogP contribution in [-0.4, -0.2) is 16.3 Å². The van der Waals surface area contributed by atoms with Crippen molar-refractivity contribution in [3.63, 3.8) is 0 Å². The molecule has 0 saturated heterocycles. The predicted octanol–water partition coefficient (Wildman–Crippen LogP) is 3.70. The summed E-state index contributed by atoms with van der Waals surface area (Å²) in [5, 5.41) is 9.51. The first-order valence-electron chi connectivity index (χ1n) is 5.80. The summed E-state index contributed by atoms with van der Waals surface area (Å²) in [6, 6.07) is 4.36. The molecule has 0 radical (unpaired) electrons. The molecule has 1 aliphatic rings. The van der Waals surface area contributed by atoms with Crippen LogP contribution in [0.25, 0.3) is 0 Å². The maximum absolute atomic E-state index is 13.2. The molecule has 1 fully saturated rings. The van der Waals surface area contributed by atoms with Crippen LogP contribution in [0.15, 0.2) is 18.2 Å². The summed E-state index contributed by atoms with van der Waals surface area (Å²) in [6.45, 7) is 0. The Morgan fingerprint density at radius 3 is 2.76 bits per heavy atom. The Bertz CT molecular complexity index is 414. The minimum absolute atomic E-state index is 0.227. The van der Waals surface area contributed by atoms with E-state index in [0.717, 1.165) is 11.3 Å². The quantitative estimate of drug-likeness (QED) is 0.890. The number of aromatic carboxylic acids is 1. The van der Waals surface area contributed by atoms with E-state index in [1.807, 2.05) is 11.8 Å². The average Bonchev–Trinajstić information content (AvgIpc) is 2.80. The van der Waals surface area contributed by atoms with Crippen LogP contribution in [0.1, 0.15) is 41.6 Å². The van der Waals surface area contributed by atoms with Gasteiger partial charge in [0.2, 0.25) is 0 Å². The number of halogens is 1. The number of carbonyl (C=O) groups is 1. The summed E-state index contributed by atoms with van der Waals surface area (Å²) in [5.74, 6) is -1.09. The van der Waals surface area contributed by atoms with Crippen LogP contribution in [0, 0.1) is 5.82 Å². The number of carboxylic acid groups (broad SMARTS) is 1. The van der Waals surface area contributed by atoms with Gasteiger partial charge >= 0.3 is 5.97 Å². The van der Waals surface area contributed by atoms with Gasteiger partial charge < -0.3 is 5.11 Å². The summed E-state index contributed by atoms with van der Waals surface area (Å²) in [5.41, 5.74) is 0.662. The summed E-state index contributed by atoms with van der Waals surface area (Å²) >= 11 is 1.85. The average molecular weight is 254 g/mol. The Morgan fingerprint density at radius 2 is 2.12 bits per heavy atom. The van der Waals surface area contributed by atoms with E-state index in [-0.39, 0.29) is 5.56 Å². The summed E-state index contributed by atoms with van der Waals surface area (Å²) in [6.07, 6.45) is 5.08. The lowest BCUT2D eigenvalue weighted by Gasteiger charge is -2.09. The number of hydrogen-bond acceptors (Lipinski definition) is 2. The SMILES string of the molecule is O=C(O)c1cc(CSC2CCCC2)ccc1F. The van der Waals surface area contributed by atoms with E-state index in [1.54, 1.807) is 6.07 Å². The number of rotatable bonds is 4. The number of benzene rings is 1. The lowest BCUT2D eigenvalue weighted by molar-refractivity contribution is 0.0692. The Balaban J connectivity index is 2.00. The molecule has 1 saturated carbocycles. The molecule has 17 heavy (non-hydrogen) atoms. The number of carboxylic acids is 1. The molecule has 1 aromatic rings. The number of hydrogen-bond donors (Lipinski definition) is 1. The molecule has 1 N–H and O–H groups in total. The zero-order valence-electron chi connectivity index (χ0n) is 9.49. The maximum Gasteiger partial charge on any atom is 0.338 e. The third kappa shape index (κ3) is 3.22. The van der Waals surface area contributed by atoms with E-state index in [0.29, 0.717) is 5.25 Å². The lowest BCUT2D eigenvalue weighted by atomic mass is 10.1. The highest BCUT2D eigenvalue weighted by molar-refractivity contribution is 7.99. The van der Waals surface area contributed by atoms with E-state index >= 15 is 0 Å². The molecule has 4 heteroatoms. The van der Waals surface area contributed by atoms with Crippen LogP contribution in [0.4, 0.5) is 4.39 Å². The normalized spacial score (nSPS) is 16.3. The van der Waals surface area contributed by atoms with Crippen LogP contribution < -0.4 is 0 Å². The van der Waals surface area contributed by atoms with Crippen LogP contribution in [-0.2, 0) is 5.75 Å². The van der Waals surface area contributed by atoms with Gasteiger partial charge in [0.1, 0.15) is 5.82 Å². The second-order valence-corrected chi connectivity index (χ2v) is 5.63. The van der Waals surface area contributed by atoms with Crippen LogP contribution in [0.2, 0.25) is 0 Å². The van der Waals surface area contributed by atoms with Crippen molar-refractivity contribution in [2.45, 2.75) is 36.7 Å². The first kappa shape index (κ1) is 12.4. The van der Waals surface area contributed by atoms with Gasteiger partial charge in [-0.3, -0.25) is 0 Å². The Labute approximate surface area is 104 Å². The van der Waals surface area contributed by atoms with E-state index in [9.17, 15) is 9.18 Å². The van der Waals surface area contributed by atoms with Crippen molar-refractivity contribution in [3.05, 3.63) is 35.1 Å². The highest BCUT2D eigenvalue weighted by atomic mass is 32.2. The summed E-state index contributed by atoms with van der Waals surface area (Å²) in [4.78, 5) is 10.8. The van der Waals surface area contributed by atoms with Crippen molar-refractivity contribution < 1.29 is 14.3 Å². The van der Waals surface area contributed by atoms with E-state index in [2.05, 4.69) is 0 Å². The zero-order chi connectivity index (χ0) is 12.3. The van der Waals surface area contributed by atoms with Crippen molar-refractivity contribution in [2.75, 3.05) is 0 Å². The molecular weight excluding hydrogens is 239 g/mol. The van der Waals surface area contributed by atoms with Gasteiger partial charge in [-0.1, -0.05) is 18.9 Å². The summed E-state index contributed by atoms with van der Waals surface area (Å²) < 4.78 is 13.2. The highest BCUT2D eigenvalue weighted by Crippen LogP contribution is 2.31. The minimum atomic E-state index is -1.20. The Hall–Kier alpha value is -1.03. The monoisotopic (exact) mass is 254 g/mol. The van der Waals surface area contributed by atoms with Gasteiger partial charge in [0.25, 0.3) is 0 Å².